The van der Waals surface area contributed by atoms with Gasteiger partial charge in [0, 0.05) is 17.8 Å². The summed E-state index contributed by atoms with van der Waals surface area (Å²) in [5, 5.41) is 2.87. The maximum Gasteiger partial charge on any atom is 0.251 e. The second-order valence-corrected chi connectivity index (χ2v) is 8.37. The van der Waals surface area contributed by atoms with Gasteiger partial charge in [-0.1, -0.05) is 12.1 Å². The topological polar surface area (TPSA) is 84.5 Å². The predicted molar refractivity (Wildman–Crippen MR) is 108 cm³/mol. The van der Waals surface area contributed by atoms with Gasteiger partial charge in [0.15, 0.2) is 0 Å². The first-order valence-corrected chi connectivity index (χ1v) is 10.7. The Hall–Kier alpha value is -2.54. The molecule has 0 atom stereocenters. The van der Waals surface area contributed by atoms with Crippen LogP contribution in [-0.4, -0.2) is 33.2 Å². The third-order valence-corrected chi connectivity index (χ3v) is 4.28. The Labute approximate surface area is 161 Å². The molecule has 2 aromatic carbocycles. The van der Waals surface area contributed by atoms with Gasteiger partial charge in [0.1, 0.15) is 5.75 Å². The van der Waals surface area contributed by atoms with Gasteiger partial charge in [0.25, 0.3) is 5.91 Å². The van der Waals surface area contributed by atoms with Crippen molar-refractivity contribution < 1.29 is 17.9 Å². The second-order valence-electron chi connectivity index (χ2n) is 6.62. The van der Waals surface area contributed by atoms with Crippen molar-refractivity contribution in [1.82, 2.24) is 5.32 Å². The second kappa shape index (κ2) is 9.41. The van der Waals surface area contributed by atoms with Gasteiger partial charge in [0.05, 0.1) is 12.4 Å². The standard InChI is InChI=1S/C20H26N2O4S/c1-15(2)26-19-12-6-16(7-13-19)5-4-14-21-20(23)17-8-10-18(11-9-17)22-27(3,24)25/h6-13,15,22H,4-5,14H2,1-3H3,(H,21,23). The van der Waals surface area contributed by atoms with Crippen LogP contribution in [0, 0.1) is 0 Å². The van der Waals surface area contributed by atoms with Gasteiger partial charge in [-0.05, 0) is 68.7 Å². The normalized spacial score (nSPS) is 11.3. The predicted octanol–water partition coefficient (Wildman–Crippen LogP) is 3.21. The number of aryl methyl sites for hydroxylation is 1. The first-order valence-electron chi connectivity index (χ1n) is 8.84. The summed E-state index contributed by atoms with van der Waals surface area (Å²) >= 11 is 0. The zero-order chi connectivity index (χ0) is 19.9. The van der Waals surface area contributed by atoms with E-state index >= 15 is 0 Å². The molecule has 0 spiro atoms. The molecule has 7 heteroatoms. The van der Waals surface area contributed by atoms with E-state index in [2.05, 4.69) is 10.0 Å². The quantitative estimate of drug-likeness (QED) is 0.644. The Balaban J connectivity index is 1.75. The van der Waals surface area contributed by atoms with E-state index in [-0.39, 0.29) is 12.0 Å². The van der Waals surface area contributed by atoms with Crippen molar-refractivity contribution in [1.29, 1.82) is 0 Å². The summed E-state index contributed by atoms with van der Waals surface area (Å²) in [4.78, 5) is 12.1. The molecule has 0 saturated heterocycles. The van der Waals surface area contributed by atoms with E-state index in [9.17, 15) is 13.2 Å². The minimum Gasteiger partial charge on any atom is -0.491 e. The molecular weight excluding hydrogens is 364 g/mol. The largest absolute Gasteiger partial charge is 0.491 e. The van der Waals surface area contributed by atoms with Crippen LogP contribution in [0.5, 0.6) is 5.75 Å². The first kappa shape index (κ1) is 20.8. The van der Waals surface area contributed by atoms with Crippen LogP contribution in [0.15, 0.2) is 48.5 Å². The molecule has 6 nitrogen and oxygen atoms in total. The smallest absolute Gasteiger partial charge is 0.251 e. The van der Waals surface area contributed by atoms with E-state index in [1.165, 1.54) is 5.56 Å². The lowest BCUT2D eigenvalue weighted by Crippen LogP contribution is -2.24. The van der Waals surface area contributed by atoms with Gasteiger partial charge < -0.3 is 10.1 Å². The number of amides is 1. The molecule has 0 fully saturated rings. The number of nitrogens with one attached hydrogen (secondary N) is 2. The van der Waals surface area contributed by atoms with E-state index < -0.39 is 10.0 Å². The Morgan fingerprint density at radius 1 is 1.04 bits per heavy atom. The van der Waals surface area contributed by atoms with Crippen LogP contribution < -0.4 is 14.8 Å². The fraction of sp³-hybridized carbons (Fsp3) is 0.350. The van der Waals surface area contributed by atoms with Gasteiger partial charge in [0.2, 0.25) is 10.0 Å². The van der Waals surface area contributed by atoms with E-state index in [4.69, 9.17) is 4.74 Å². The molecule has 2 N–H and O–H groups in total. The molecule has 0 aromatic heterocycles. The maximum atomic E-state index is 12.1. The Bertz CT molecular complexity index is 845. The van der Waals surface area contributed by atoms with Gasteiger partial charge in [-0.15, -0.1) is 0 Å². The lowest BCUT2D eigenvalue weighted by molar-refractivity contribution is 0.0953. The number of anilines is 1. The Morgan fingerprint density at radius 3 is 2.22 bits per heavy atom. The van der Waals surface area contributed by atoms with Crippen molar-refractivity contribution >= 4 is 21.6 Å². The third-order valence-electron chi connectivity index (χ3n) is 3.67. The molecule has 0 heterocycles. The number of carbonyl (C=O) groups excluding carboxylic acids is 1. The monoisotopic (exact) mass is 390 g/mol. The lowest BCUT2D eigenvalue weighted by Gasteiger charge is -2.10. The molecule has 0 radical (unpaired) electrons. The van der Waals surface area contributed by atoms with Crippen LogP contribution in [0.2, 0.25) is 0 Å². The van der Waals surface area contributed by atoms with Crippen molar-refractivity contribution in [2.75, 3.05) is 17.5 Å². The summed E-state index contributed by atoms with van der Waals surface area (Å²) < 4.78 is 30.3. The van der Waals surface area contributed by atoms with Gasteiger partial charge >= 0.3 is 0 Å². The summed E-state index contributed by atoms with van der Waals surface area (Å²) in [6.45, 7) is 4.55. The van der Waals surface area contributed by atoms with Gasteiger partial charge in [-0.3, -0.25) is 9.52 Å². The van der Waals surface area contributed by atoms with Crippen LogP contribution in [0.25, 0.3) is 0 Å². The molecule has 0 aliphatic carbocycles. The molecule has 0 saturated carbocycles. The maximum absolute atomic E-state index is 12.1. The number of carbonyl (C=O) groups is 1. The van der Waals surface area contributed by atoms with Crippen LogP contribution in [-0.2, 0) is 16.4 Å². The molecule has 0 bridgehead atoms. The highest BCUT2D eigenvalue weighted by Crippen LogP contribution is 2.15. The molecule has 0 unspecified atom stereocenters. The van der Waals surface area contributed by atoms with E-state index in [0.717, 1.165) is 24.8 Å². The fourth-order valence-corrected chi connectivity index (χ4v) is 3.07. The fourth-order valence-electron chi connectivity index (χ4n) is 2.51. The minimum atomic E-state index is -3.32. The van der Waals surface area contributed by atoms with Crippen LogP contribution in [0.4, 0.5) is 5.69 Å². The number of ether oxygens (including phenoxy) is 1. The number of hydrogen-bond acceptors (Lipinski definition) is 4. The molecule has 0 aliphatic rings. The highest BCUT2D eigenvalue weighted by atomic mass is 32.2. The average molecular weight is 391 g/mol. The molecule has 1 amide bonds. The molecule has 0 aliphatic heterocycles. The van der Waals surface area contributed by atoms with Crippen molar-refractivity contribution in [2.24, 2.45) is 0 Å². The number of hydrogen-bond donors (Lipinski definition) is 2. The van der Waals surface area contributed by atoms with Crippen LogP contribution in [0.1, 0.15) is 36.2 Å². The highest BCUT2D eigenvalue weighted by Gasteiger charge is 2.07. The first-order chi connectivity index (χ1) is 12.7. The van der Waals surface area contributed by atoms with E-state index in [1.807, 2.05) is 38.1 Å². The van der Waals surface area contributed by atoms with Crippen molar-refractivity contribution in [3.8, 4) is 5.75 Å². The summed E-state index contributed by atoms with van der Waals surface area (Å²) in [6.07, 6.45) is 2.92. The van der Waals surface area contributed by atoms with Gasteiger partial charge in [-0.25, -0.2) is 8.42 Å². The van der Waals surface area contributed by atoms with E-state index in [1.54, 1.807) is 24.3 Å². The van der Waals surface area contributed by atoms with Crippen molar-refractivity contribution in [3.63, 3.8) is 0 Å². The molecule has 27 heavy (non-hydrogen) atoms. The minimum absolute atomic E-state index is 0.155. The summed E-state index contributed by atoms with van der Waals surface area (Å²) in [6, 6.07) is 14.3. The summed E-state index contributed by atoms with van der Waals surface area (Å²) in [5.74, 6) is 0.678. The van der Waals surface area contributed by atoms with E-state index in [0.29, 0.717) is 17.8 Å². The highest BCUT2D eigenvalue weighted by molar-refractivity contribution is 7.92. The van der Waals surface area contributed by atoms with Crippen molar-refractivity contribution in [3.05, 3.63) is 59.7 Å². The Morgan fingerprint density at radius 2 is 1.67 bits per heavy atom. The third kappa shape index (κ3) is 7.70. The average Bonchev–Trinajstić information content (AvgIpc) is 2.58. The number of benzene rings is 2. The molecule has 146 valence electrons. The van der Waals surface area contributed by atoms with Gasteiger partial charge in [-0.2, -0.15) is 0 Å². The molecule has 2 rings (SSSR count). The lowest BCUT2D eigenvalue weighted by atomic mass is 10.1. The SMILES string of the molecule is CC(C)Oc1ccc(CCCNC(=O)c2ccc(NS(C)(=O)=O)cc2)cc1. The zero-order valence-electron chi connectivity index (χ0n) is 15.9. The zero-order valence-corrected chi connectivity index (χ0v) is 16.7. The van der Waals surface area contributed by atoms with Crippen LogP contribution >= 0.6 is 0 Å². The number of rotatable bonds is 9. The summed E-state index contributed by atoms with van der Waals surface area (Å²) in [7, 11) is -3.32. The van der Waals surface area contributed by atoms with Crippen molar-refractivity contribution in [2.45, 2.75) is 32.8 Å². The number of sulfonamides is 1. The summed E-state index contributed by atoms with van der Waals surface area (Å²) in [5.41, 5.74) is 2.11. The Kier molecular flexibility index (Phi) is 7.24. The molecule has 2 aromatic rings. The molecular formula is C20H26N2O4S. The van der Waals surface area contributed by atoms with Crippen LogP contribution in [0.3, 0.4) is 0 Å².